The second-order valence-electron chi connectivity index (χ2n) is 5.93. The number of thiophene rings is 1. The Morgan fingerprint density at radius 1 is 1.35 bits per heavy atom. The summed E-state index contributed by atoms with van der Waals surface area (Å²) in [6.07, 6.45) is -4.63. The minimum absolute atomic E-state index is 0.185. The van der Waals surface area contributed by atoms with Crippen LogP contribution in [0.3, 0.4) is 0 Å². The van der Waals surface area contributed by atoms with Crippen molar-refractivity contribution in [3.05, 3.63) is 22.4 Å². The molecule has 1 aromatic rings. The summed E-state index contributed by atoms with van der Waals surface area (Å²) in [6, 6.07) is 0.258. The molecule has 146 valence electrons. The Balaban J connectivity index is 1.94. The zero-order chi connectivity index (χ0) is 19.2. The van der Waals surface area contributed by atoms with Gasteiger partial charge in [-0.25, -0.2) is 4.79 Å². The Bertz CT molecular complexity index is 591. The van der Waals surface area contributed by atoms with Gasteiger partial charge < -0.3 is 21.7 Å². The number of urea groups is 1. The van der Waals surface area contributed by atoms with Crippen LogP contribution < -0.4 is 21.7 Å². The van der Waals surface area contributed by atoms with Crippen molar-refractivity contribution in [1.29, 1.82) is 0 Å². The first kappa shape index (κ1) is 20.5. The predicted octanol–water partition coefficient (Wildman–Crippen LogP) is 0.800. The summed E-state index contributed by atoms with van der Waals surface area (Å²) < 4.78 is 40.0. The molecule has 2 atom stereocenters. The highest BCUT2D eigenvalue weighted by Crippen LogP contribution is 2.25. The lowest BCUT2D eigenvalue weighted by molar-refractivity contribution is -0.184. The number of halogens is 3. The second-order valence-corrected chi connectivity index (χ2v) is 6.91. The van der Waals surface area contributed by atoms with Gasteiger partial charge >= 0.3 is 12.2 Å². The smallest absolute Gasteiger partial charge is 0.354 e. The maximum atomic E-state index is 13.3. The van der Waals surface area contributed by atoms with Gasteiger partial charge in [-0.3, -0.25) is 9.69 Å². The van der Waals surface area contributed by atoms with Crippen LogP contribution in [-0.2, 0) is 4.79 Å². The average Bonchev–Trinajstić information content (AvgIpc) is 3.08. The highest BCUT2D eigenvalue weighted by Gasteiger charge is 2.43. The molecular weight excluding hydrogens is 371 g/mol. The molecule has 0 spiro atoms. The molecule has 11 heteroatoms. The predicted molar refractivity (Wildman–Crippen MR) is 91.7 cm³/mol. The molecule has 0 radical (unpaired) electrons. The summed E-state index contributed by atoms with van der Waals surface area (Å²) in [5, 5.41) is 9.56. The first-order chi connectivity index (χ1) is 12.3. The minimum Gasteiger partial charge on any atom is -0.354 e. The summed E-state index contributed by atoms with van der Waals surface area (Å²) in [5.41, 5.74) is 5.11. The molecule has 7 nitrogen and oxygen atoms in total. The number of hydrogen-bond donors (Lipinski definition) is 4. The number of alkyl halides is 3. The highest BCUT2D eigenvalue weighted by atomic mass is 32.1. The molecule has 2 unspecified atom stereocenters. The quantitative estimate of drug-likeness (QED) is 0.551. The number of hydrogen-bond acceptors (Lipinski definition) is 5. The number of amides is 3. The Kier molecular flexibility index (Phi) is 7.23. The van der Waals surface area contributed by atoms with Gasteiger partial charge in [0.1, 0.15) is 6.04 Å². The Labute approximate surface area is 153 Å². The Morgan fingerprint density at radius 3 is 2.58 bits per heavy atom. The van der Waals surface area contributed by atoms with E-state index in [1.165, 1.54) is 16.2 Å². The highest BCUT2D eigenvalue weighted by molar-refractivity contribution is 7.10. The first-order valence-corrected chi connectivity index (χ1v) is 9.03. The van der Waals surface area contributed by atoms with E-state index in [4.69, 9.17) is 5.73 Å². The van der Waals surface area contributed by atoms with E-state index in [0.717, 1.165) is 0 Å². The number of piperazine rings is 1. The van der Waals surface area contributed by atoms with Gasteiger partial charge in [-0.05, 0) is 11.4 Å². The van der Waals surface area contributed by atoms with Gasteiger partial charge in [0.15, 0.2) is 0 Å². The van der Waals surface area contributed by atoms with Crippen molar-refractivity contribution in [3.63, 3.8) is 0 Å². The Hall–Kier alpha value is -1.85. The molecule has 3 amide bonds. The van der Waals surface area contributed by atoms with Crippen LogP contribution in [0.25, 0.3) is 0 Å². The first-order valence-electron chi connectivity index (χ1n) is 8.15. The van der Waals surface area contributed by atoms with Gasteiger partial charge in [0.25, 0.3) is 0 Å². The lowest BCUT2D eigenvalue weighted by Gasteiger charge is -2.36. The molecule has 1 aromatic heterocycles. The summed E-state index contributed by atoms with van der Waals surface area (Å²) in [5.74, 6) is -0.582. The number of carbonyl (C=O) groups is 2. The third kappa shape index (κ3) is 6.15. The number of carbonyl (C=O) groups excluding carboxylic acids is 2. The third-order valence-corrected chi connectivity index (χ3v) is 5.04. The summed E-state index contributed by atoms with van der Waals surface area (Å²) >= 11 is 1.32. The van der Waals surface area contributed by atoms with Crippen molar-refractivity contribution >= 4 is 23.3 Å². The van der Waals surface area contributed by atoms with Gasteiger partial charge in [-0.15, -0.1) is 11.3 Å². The molecule has 2 heterocycles. The lowest BCUT2D eigenvalue weighted by Crippen LogP contribution is -2.57. The number of rotatable bonds is 7. The third-order valence-electron chi connectivity index (χ3n) is 4.06. The normalized spacial score (nSPS) is 18.1. The fourth-order valence-corrected chi connectivity index (χ4v) is 3.58. The zero-order valence-corrected chi connectivity index (χ0v) is 14.8. The molecule has 1 aliphatic heterocycles. The monoisotopic (exact) mass is 393 g/mol. The molecule has 26 heavy (non-hydrogen) atoms. The van der Waals surface area contributed by atoms with Crippen molar-refractivity contribution in [2.45, 2.75) is 24.7 Å². The van der Waals surface area contributed by atoms with Crippen molar-refractivity contribution < 1.29 is 22.8 Å². The maximum Gasteiger partial charge on any atom is 0.405 e. The minimum atomic E-state index is -4.44. The van der Waals surface area contributed by atoms with Crippen LogP contribution in [-0.4, -0.2) is 61.8 Å². The van der Waals surface area contributed by atoms with E-state index in [9.17, 15) is 22.8 Å². The van der Waals surface area contributed by atoms with Crippen LogP contribution >= 0.6 is 11.3 Å². The van der Waals surface area contributed by atoms with Crippen molar-refractivity contribution in [2.24, 2.45) is 5.73 Å². The van der Waals surface area contributed by atoms with Crippen LogP contribution in [0.2, 0.25) is 0 Å². The van der Waals surface area contributed by atoms with Crippen LogP contribution in [0.5, 0.6) is 0 Å². The van der Waals surface area contributed by atoms with E-state index in [2.05, 4.69) is 16.0 Å². The van der Waals surface area contributed by atoms with E-state index >= 15 is 0 Å². The zero-order valence-electron chi connectivity index (χ0n) is 14.0. The van der Waals surface area contributed by atoms with Gasteiger partial charge in [-0.2, -0.15) is 13.2 Å². The number of primary amides is 1. The standard InChI is InChI=1S/C15H22F3N5O2S/c16-15(17,18)12(23-5-3-20-4-6-23)9-21-13(24)8-10(22-14(19)25)11-2-1-7-26-11/h1-2,7,10,12,20H,3-6,8-9H2,(H,21,24)(H3,19,22,25). The molecule has 0 saturated carbocycles. The van der Waals surface area contributed by atoms with Crippen LogP contribution in [0.1, 0.15) is 17.3 Å². The van der Waals surface area contributed by atoms with Crippen LogP contribution in [0.15, 0.2) is 17.5 Å². The topological polar surface area (TPSA) is 99.5 Å². The lowest BCUT2D eigenvalue weighted by atomic mass is 10.1. The van der Waals surface area contributed by atoms with E-state index in [1.54, 1.807) is 17.5 Å². The van der Waals surface area contributed by atoms with Gasteiger partial charge in [0.05, 0.1) is 12.5 Å². The van der Waals surface area contributed by atoms with Gasteiger partial charge in [0.2, 0.25) is 5.91 Å². The SMILES string of the molecule is NC(=O)NC(CC(=O)NCC(N1CCNCC1)C(F)(F)F)c1cccs1. The van der Waals surface area contributed by atoms with Crippen LogP contribution in [0.4, 0.5) is 18.0 Å². The van der Waals surface area contributed by atoms with E-state index < -0.39 is 36.7 Å². The van der Waals surface area contributed by atoms with E-state index in [1.807, 2.05) is 0 Å². The van der Waals surface area contributed by atoms with E-state index in [-0.39, 0.29) is 19.5 Å². The number of nitrogens with one attached hydrogen (secondary N) is 3. The summed E-state index contributed by atoms with van der Waals surface area (Å²) in [4.78, 5) is 25.3. The van der Waals surface area contributed by atoms with Crippen molar-refractivity contribution in [1.82, 2.24) is 20.9 Å². The van der Waals surface area contributed by atoms with Crippen molar-refractivity contribution in [2.75, 3.05) is 32.7 Å². The second kappa shape index (κ2) is 9.19. The average molecular weight is 393 g/mol. The largest absolute Gasteiger partial charge is 0.405 e. The molecule has 0 aliphatic carbocycles. The molecule has 0 aromatic carbocycles. The molecule has 1 aliphatic rings. The number of nitrogens with zero attached hydrogens (tertiary/aromatic N) is 1. The molecule has 0 bridgehead atoms. The fourth-order valence-electron chi connectivity index (χ4n) is 2.80. The number of nitrogens with two attached hydrogens (primary N) is 1. The van der Waals surface area contributed by atoms with Crippen molar-refractivity contribution in [3.8, 4) is 0 Å². The molecule has 2 rings (SSSR count). The Morgan fingerprint density at radius 2 is 2.04 bits per heavy atom. The molecule has 1 saturated heterocycles. The van der Waals surface area contributed by atoms with E-state index in [0.29, 0.717) is 18.0 Å². The van der Waals surface area contributed by atoms with Crippen LogP contribution in [0, 0.1) is 0 Å². The maximum absolute atomic E-state index is 13.3. The van der Waals surface area contributed by atoms with Gasteiger partial charge in [0, 0.05) is 37.6 Å². The summed E-state index contributed by atoms with van der Waals surface area (Å²) in [7, 11) is 0. The summed E-state index contributed by atoms with van der Waals surface area (Å²) in [6.45, 7) is 0.950. The molecule has 5 N–H and O–H groups in total. The van der Waals surface area contributed by atoms with Gasteiger partial charge in [-0.1, -0.05) is 6.07 Å². The molecule has 1 fully saturated rings. The fraction of sp³-hybridized carbons (Fsp3) is 0.600. The molecular formula is C15H22F3N5O2S.